The van der Waals surface area contributed by atoms with Gasteiger partial charge in [0.25, 0.3) is 5.56 Å². The molecule has 0 amide bonds. The number of aryl methyl sites for hydroxylation is 1. The fourth-order valence-corrected chi connectivity index (χ4v) is 1.51. The molecule has 96 valence electrons. The number of nitrogens with zero attached hydrogens (tertiary/aromatic N) is 2. The average Bonchev–Trinajstić information content (AvgIpc) is 2.33. The van der Waals surface area contributed by atoms with Crippen LogP contribution in [0.2, 0.25) is 0 Å². The second-order valence-electron chi connectivity index (χ2n) is 3.84. The Labute approximate surface area is 101 Å². The summed E-state index contributed by atoms with van der Waals surface area (Å²) in [5.74, 6) is 0. The molecule has 1 aromatic rings. The minimum absolute atomic E-state index is 0.265. The predicted octanol–water partition coefficient (Wildman–Crippen LogP) is 0.847. The molecule has 0 saturated carbocycles. The minimum atomic E-state index is -0.265. The topological polar surface area (TPSA) is 53.2 Å². The SMILES string of the molecule is CCCCOCCn1c(=O)ccn(CC)c1=O. The van der Waals surface area contributed by atoms with E-state index in [9.17, 15) is 9.59 Å². The molecule has 0 aromatic carbocycles. The number of rotatable bonds is 7. The van der Waals surface area contributed by atoms with Gasteiger partial charge in [-0.2, -0.15) is 0 Å². The van der Waals surface area contributed by atoms with Crippen LogP contribution >= 0.6 is 0 Å². The first-order chi connectivity index (χ1) is 8.20. The van der Waals surface area contributed by atoms with Crippen LogP contribution in [0.3, 0.4) is 0 Å². The highest BCUT2D eigenvalue weighted by molar-refractivity contribution is 4.86. The fraction of sp³-hybridized carbons (Fsp3) is 0.667. The van der Waals surface area contributed by atoms with Gasteiger partial charge >= 0.3 is 5.69 Å². The van der Waals surface area contributed by atoms with E-state index in [2.05, 4.69) is 6.92 Å². The van der Waals surface area contributed by atoms with Gasteiger partial charge in [-0.1, -0.05) is 13.3 Å². The van der Waals surface area contributed by atoms with Crippen molar-refractivity contribution in [3.8, 4) is 0 Å². The molecule has 0 radical (unpaired) electrons. The van der Waals surface area contributed by atoms with E-state index in [1.54, 1.807) is 0 Å². The summed E-state index contributed by atoms with van der Waals surface area (Å²) in [6.07, 6.45) is 3.61. The lowest BCUT2D eigenvalue weighted by atomic mass is 10.4. The number of hydrogen-bond donors (Lipinski definition) is 0. The van der Waals surface area contributed by atoms with E-state index in [4.69, 9.17) is 4.74 Å². The molecule has 0 spiro atoms. The van der Waals surface area contributed by atoms with E-state index < -0.39 is 0 Å². The first-order valence-electron chi connectivity index (χ1n) is 6.08. The number of aromatic nitrogens is 2. The van der Waals surface area contributed by atoms with Crippen molar-refractivity contribution in [2.75, 3.05) is 13.2 Å². The monoisotopic (exact) mass is 240 g/mol. The van der Waals surface area contributed by atoms with E-state index in [1.165, 1.54) is 21.4 Å². The zero-order valence-corrected chi connectivity index (χ0v) is 10.5. The van der Waals surface area contributed by atoms with Gasteiger partial charge < -0.3 is 9.30 Å². The summed E-state index contributed by atoms with van der Waals surface area (Å²) >= 11 is 0. The predicted molar refractivity (Wildman–Crippen MR) is 66.4 cm³/mol. The lowest BCUT2D eigenvalue weighted by Crippen LogP contribution is -2.39. The third-order valence-electron chi connectivity index (χ3n) is 2.58. The third-order valence-corrected chi connectivity index (χ3v) is 2.58. The highest BCUT2D eigenvalue weighted by atomic mass is 16.5. The summed E-state index contributed by atoms with van der Waals surface area (Å²) in [5, 5.41) is 0. The molecule has 0 saturated heterocycles. The summed E-state index contributed by atoms with van der Waals surface area (Å²) in [7, 11) is 0. The maximum Gasteiger partial charge on any atom is 0.331 e. The third kappa shape index (κ3) is 3.85. The van der Waals surface area contributed by atoms with Crippen molar-refractivity contribution in [1.82, 2.24) is 9.13 Å². The van der Waals surface area contributed by atoms with E-state index in [0.717, 1.165) is 12.8 Å². The number of unbranched alkanes of at least 4 members (excludes halogenated alkanes) is 1. The summed E-state index contributed by atoms with van der Waals surface area (Å²) in [5.41, 5.74) is -0.530. The summed E-state index contributed by atoms with van der Waals surface area (Å²) < 4.78 is 8.08. The van der Waals surface area contributed by atoms with Crippen LogP contribution in [0.5, 0.6) is 0 Å². The highest BCUT2D eigenvalue weighted by Gasteiger charge is 2.03. The van der Waals surface area contributed by atoms with Crippen LogP contribution in [0, 0.1) is 0 Å². The molecule has 0 aliphatic rings. The minimum Gasteiger partial charge on any atom is -0.380 e. The Morgan fingerprint density at radius 1 is 1.24 bits per heavy atom. The Hall–Kier alpha value is -1.36. The Morgan fingerprint density at radius 2 is 2.00 bits per heavy atom. The first-order valence-corrected chi connectivity index (χ1v) is 6.08. The van der Waals surface area contributed by atoms with Gasteiger partial charge in [-0.25, -0.2) is 4.79 Å². The lowest BCUT2D eigenvalue weighted by Gasteiger charge is -2.08. The molecule has 5 nitrogen and oxygen atoms in total. The quantitative estimate of drug-likeness (QED) is 0.664. The molecule has 0 unspecified atom stereocenters. The molecule has 1 heterocycles. The summed E-state index contributed by atoms with van der Waals surface area (Å²) in [4.78, 5) is 23.3. The van der Waals surface area contributed by atoms with E-state index in [0.29, 0.717) is 26.3 Å². The van der Waals surface area contributed by atoms with Gasteiger partial charge in [-0.15, -0.1) is 0 Å². The Balaban J connectivity index is 2.64. The zero-order valence-electron chi connectivity index (χ0n) is 10.5. The zero-order chi connectivity index (χ0) is 12.7. The van der Waals surface area contributed by atoms with Gasteiger partial charge in [0.1, 0.15) is 0 Å². The van der Waals surface area contributed by atoms with Crippen LogP contribution in [0.15, 0.2) is 21.9 Å². The molecule has 0 atom stereocenters. The number of hydrogen-bond acceptors (Lipinski definition) is 3. The van der Waals surface area contributed by atoms with Crippen molar-refractivity contribution in [2.45, 2.75) is 39.8 Å². The van der Waals surface area contributed by atoms with Gasteiger partial charge in [0.15, 0.2) is 0 Å². The van der Waals surface area contributed by atoms with Crippen molar-refractivity contribution in [2.24, 2.45) is 0 Å². The van der Waals surface area contributed by atoms with E-state index in [1.807, 2.05) is 6.92 Å². The smallest absolute Gasteiger partial charge is 0.331 e. The highest BCUT2D eigenvalue weighted by Crippen LogP contribution is 1.88. The van der Waals surface area contributed by atoms with Crippen LogP contribution in [-0.2, 0) is 17.8 Å². The molecule has 0 aliphatic carbocycles. The van der Waals surface area contributed by atoms with Gasteiger partial charge in [0, 0.05) is 25.4 Å². The van der Waals surface area contributed by atoms with Crippen molar-refractivity contribution in [1.29, 1.82) is 0 Å². The van der Waals surface area contributed by atoms with Gasteiger partial charge in [-0.3, -0.25) is 9.36 Å². The van der Waals surface area contributed by atoms with Crippen LogP contribution in [0.25, 0.3) is 0 Å². The molecule has 0 aliphatic heterocycles. The van der Waals surface area contributed by atoms with Crippen LogP contribution < -0.4 is 11.2 Å². The lowest BCUT2D eigenvalue weighted by molar-refractivity contribution is 0.121. The maximum absolute atomic E-state index is 11.8. The van der Waals surface area contributed by atoms with Gasteiger partial charge in [0.2, 0.25) is 0 Å². The number of ether oxygens (including phenoxy) is 1. The fourth-order valence-electron chi connectivity index (χ4n) is 1.51. The Kier molecular flexibility index (Phi) is 5.69. The second kappa shape index (κ2) is 7.06. The Morgan fingerprint density at radius 3 is 2.65 bits per heavy atom. The molecule has 17 heavy (non-hydrogen) atoms. The van der Waals surface area contributed by atoms with Crippen molar-refractivity contribution < 1.29 is 4.74 Å². The molecule has 0 N–H and O–H groups in total. The van der Waals surface area contributed by atoms with Crippen LogP contribution in [0.1, 0.15) is 26.7 Å². The van der Waals surface area contributed by atoms with Crippen LogP contribution in [-0.4, -0.2) is 22.3 Å². The molecular formula is C12H20N2O3. The standard InChI is InChI=1S/C12H20N2O3/c1-3-5-9-17-10-8-14-11(15)6-7-13(4-2)12(14)16/h6-7H,3-5,8-10H2,1-2H3. The summed E-state index contributed by atoms with van der Waals surface area (Å²) in [6.45, 7) is 5.93. The van der Waals surface area contributed by atoms with E-state index >= 15 is 0 Å². The maximum atomic E-state index is 11.8. The van der Waals surface area contributed by atoms with Crippen molar-refractivity contribution in [3.63, 3.8) is 0 Å². The molecular weight excluding hydrogens is 220 g/mol. The molecule has 0 bridgehead atoms. The first kappa shape index (κ1) is 13.7. The molecule has 0 fully saturated rings. The second-order valence-corrected chi connectivity index (χ2v) is 3.84. The van der Waals surface area contributed by atoms with Gasteiger partial charge in [-0.05, 0) is 13.3 Å². The summed E-state index contributed by atoms with van der Waals surface area (Å²) in [6, 6.07) is 1.41. The molecule has 1 rings (SSSR count). The Bertz CT molecular complexity index is 448. The molecule has 5 heteroatoms. The van der Waals surface area contributed by atoms with Gasteiger partial charge in [0.05, 0.1) is 13.2 Å². The molecule has 1 aromatic heterocycles. The average molecular weight is 240 g/mol. The van der Waals surface area contributed by atoms with E-state index in [-0.39, 0.29) is 11.2 Å². The van der Waals surface area contributed by atoms with Crippen molar-refractivity contribution in [3.05, 3.63) is 33.1 Å². The van der Waals surface area contributed by atoms with Crippen molar-refractivity contribution >= 4 is 0 Å². The largest absolute Gasteiger partial charge is 0.380 e. The van der Waals surface area contributed by atoms with Crippen LogP contribution in [0.4, 0.5) is 0 Å². The normalized spacial score (nSPS) is 10.7.